The first kappa shape index (κ1) is 16.9. The number of carbonyl (C=O) groups excluding carboxylic acids is 1. The molecule has 0 bridgehead atoms. The Morgan fingerprint density at radius 1 is 1.45 bits per heavy atom. The second-order valence-electron chi connectivity index (χ2n) is 5.55. The van der Waals surface area contributed by atoms with Gasteiger partial charge in [-0.05, 0) is 50.3 Å². The van der Waals surface area contributed by atoms with Crippen LogP contribution in [0.4, 0.5) is 0 Å². The molecule has 0 spiro atoms. The zero-order valence-corrected chi connectivity index (χ0v) is 13.7. The fraction of sp³-hybridized carbons (Fsp3) is 0.533. The summed E-state index contributed by atoms with van der Waals surface area (Å²) in [4.78, 5) is 11.8. The number of hydrogen-bond acceptors (Lipinski definition) is 5. The molecule has 0 aromatic heterocycles. The SMILES string of the molecule is CCOC(=O)c1ccc(C)c(S(=O)(=O)NCC(N)C2CC2)c1. The third kappa shape index (κ3) is 4.06. The zero-order valence-electron chi connectivity index (χ0n) is 12.8. The number of esters is 1. The lowest BCUT2D eigenvalue weighted by Gasteiger charge is -2.14. The Labute approximate surface area is 131 Å². The minimum absolute atomic E-state index is 0.0843. The maximum Gasteiger partial charge on any atom is 0.338 e. The van der Waals surface area contributed by atoms with Crippen LogP contribution in [-0.2, 0) is 14.8 Å². The Hall–Kier alpha value is -1.44. The van der Waals surface area contributed by atoms with Crippen molar-refractivity contribution >= 4 is 16.0 Å². The Kier molecular flexibility index (Phi) is 5.20. The summed E-state index contributed by atoms with van der Waals surface area (Å²) in [7, 11) is -3.70. The highest BCUT2D eigenvalue weighted by molar-refractivity contribution is 7.89. The van der Waals surface area contributed by atoms with E-state index >= 15 is 0 Å². The number of sulfonamides is 1. The van der Waals surface area contributed by atoms with Crippen LogP contribution in [0.5, 0.6) is 0 Å². The first-order valence-electron chi connectivity index (χ1n) is 7.38. The smallest absolute Gasteiger partial charge is 0.338 e. The lowest BCUT2D eigenvalue weighted by Crippen LogP contribution is -2.38. The summed E-state index contributed by atoms with van der Waals surface area (Å²) in [6, 6.07) is 4.34. The molecule has 1 fully saturated rings. The van der Waals surface area contributed by atoms with Gasteiger partial charge in [0, 0.05) is 12.6 Å². The number of carbonyl (C=O) groups is 1. The minimum Gasteiger partial charge on any atom is -0.462 e. The second-order valence-corrected chi connectivity index (χ2v) is 7.29. The van der Waals surface area contributed by atoms with Gasteiger partial charge in [0.15, 0.2) is 0 Å². The highest BCUT2D eigenvalue weighted by Gasteiger charge is 2.29. The topological polar surface area (TPSA) is 98.5 Å². The lowest BCUT2D eigenvalue weighted by atomic mass is 10.1. The highest BCUT2D eigenvalue weighted by Crippen LogP contribution is 2.31. The summed E-state index contributed by atoms with van der Waals surface area (Å²) < 4.78 is 32.3. The highest BCUT2D eigenvalue weighted by atomic mass is 32.2. The van der Waals surface area contributed by atoms with Gasteiger partial charge in [0.1, 0.15) is 0 Å². The maximum absolute atomic E-state index is 12.4. The van der Waals surface area contributed by atoms with Crippen LogP contribution in [-0.4, -0.2) is 33.6 Å². The fourth-order valence-corrected chi connectivity index (χ4v) is 3.55. The molecular formula is C15H22N2O4S. The van der Waals surface area contributed by atoms with E-state index in [4.69, 9.17) is 10.5 Å². The van der Waals surface area contributed by atoms with Gasteiger partial charge in [-0.1, -0.05) is 6.07 Å². The van der Waals surface area contributed by atoms with Crippen LogP contribution in [0, 0.1) is 12.8 Å². The number of rotatable bonds is 7. The third-order valence-corrected chi connectivity index (χ3v) is 5.29. The van der Waals surface area contributed by atoms with Crippen LogP contribution in [0.2, 0.25) is 0 Å². The maximum atomic E-state index is 12.4. The molecule has 6 nitrogen and oxygen atoms in total. The molecule has 1 aromatic rings. The quantitative estimate of drug-likeness (QED) is 0.733. The number of hydrogen-bond donors (Lipinski definition) is 2. The van der Waals surface area contributed by atoms with Gasteiger partial charge < -0.3 is 10.5 Å². The van der Waals surface area contributed by atoms with Crippen molar-refractivity contribution in [2.75, 3.05) is 13.2 Å². The van der Waals surface area contributed by atoms with E-state index in [1.54, 1.807) is 26.0 Å². The van der Waals surface area contributed by atoms with E-state index in [1.807, 2.05) is 0 Å². The number of nitrogens with one attached hydrogen (secondary N) is 1. The van der Waals surface area contributed by atoms with Gasteiger partial charge in [-0.25, -0.2) is 17.9 Å². The summed E-state index contributed by atoms with van der Waals surface area (Å²) in [6.07, 6.45) is 2.11. The van der Waals surface area contributed by atoms with E-state index in [0.717, 1.165) is 12.8 Å². The monoisotopic (exact) mass is 326 g/mol. The van der Waals surface area contributed by atoms with Crippen LogP contribution in [0.15, 0.2) is 23.1 Å². The minimum atomic E-state index is -3.70. The Balaban J connectivity index is 2.17. The Morgan fingerprint density at radius 3 is 2.73 bits per heavy atom. The van der Waals surface area contributed by atoms with Crippen molar-refractivity contribution in [2.45, 2.75) is 37.6 Å². The van der Waals surface area contributed by atoms with Crippen LogP contribution in [0.1, 0.15) is 35.7 Å². The molecule has 1 unspecified atom stereocenters. The summed E-state index contributed by atoms with van der Waals surface area (Å²) in [5.41, 5.74) is 6.71. The summed E-state index contributed by atoms with van der Waals surface area (Å²) in [5.74, 6) is -0.122. The van der Waals surface area contributed by atoms with Gasteiger partial charge in [0.2, 0.25) is 10.0 Å². The molecule has 1 aliphatic rings. The number of aryl methyl sites for hydroxylation is 1. The van der Waals surface area contributed by atoms with Gasteiger partial charge in [-0.2, -0.15) is 0 Å². The van der Waals surface area contributed by atoms with E-state index < -0.39 is 16.0 Å². The van der Waals surface area contributed by atoms with Crippen molar-refractivity contribution in [3.63, 3.8) is 0 Å². The summed E-state index contributed by atoms with van der Waals surface area (Å²) in [6.45, 7) is 3.83. The van der Waals surface area contributed by atoms with E-state index in [2.05, 4.69) is 4.72 Å². The van der Waals surface area contributed by atoms with Crippen LogP contribution < -0.4 is 10.5 Å². The third-order valence-electron chi connectivity index (χ3n) is 3.73. The van der Waals surface area contributed by atoms with Gasteiger partial charge >= 0.3 is 5.97 Å². The molecule has 0 heterocycles. The van der Waals surface area contributed by atoms with Crippen molar-refractivity contribution in [3.05, 3.63) is 29.3 Å². The Morgan fingerprint density at radius 2 is 2.14 bits per heavy atom. The largest absolute Gasteiger partial charge is 0.462 e. The molecule has 2 rings (SSSR count). The van der Waals surface area contributed by atoms with Crippen molar-refractivity contribution in [1.82, 2.24) is 4.72 Å². The van der Waals surface area contributed by atoms with Crippen LogP contribution in [0.25, 0.3) is 0 Å². The Bertz CT molecular complexity index is 654. The van der Waals surface area contributed by atoms with Crippen molar-refractivity contribution in [1.29, 1.82) is 0 Å². The fourth-order valence-electron chi connectivity index (χ4n) is 2.21. The molecule has 0 aliphatic heterocycles. The molecule has 22 heavy (non-hydrogen) atoms. The van der Waals surface area contributed by atoms with E-state index in [-0.39, 0.29) is 29.7 Å². The van der Waals surface area contributed by atoms with E-state index in [0.29, 0.717) is 11.5 Å². The summed E-state index contributed by atoms with van der Waals surface area (Å²) >= 11 is 0. The molecule has 122 valence electrons. The van der Waals surface area contributed by atoms with Gasteiger partial charge in [0.05, 0.1) is 17.1 Å². The van der Waals surface area contributed by atoms with Gasteiger partial charge in [-0.3, -0.25) is 0 Å². The molecule has 7 heteroatoms. The van der Waals surface area contributed by atoms with Crippen molar-refractivity contribution < 1.29 is 17.9 Å². The van der Waals surface area contributed by atoms with Gasteiger partial charge in [0.25, 0.3) is 0 Å². The molecule has 0 radical (unpaired) electrons. The number of benzene rings is 1. The molecular weight excluding hydrogens is 304 g/mol. The molecule has 1 aliphatic carbocycles. The number of ether oxygens (including phenoxy) is 1. The van der Waals surface area contributed by atoms with E-state index in [1.165, 1.54) is 6.07 Å². The number of nitrogens with two attached hydrogens (primary N) is 1. The first-order chi connectivity index (χ1) is 10.3. The van der Waals surface area contributed by atoms with Crippen LogP contribution in [0.3, 0.4) is 0 Å². The molecule has 1 atom stereocenters. The predicted molar refractivity (Wildman–Crippen MR) is 83.0 cm³/mol. The molecule has 1 aromatic carbocycles. The second kappa shape index (κ2) is 6.76. The first-order valence-corrected chi connectivity index (χ1v) is 8.86. The summed E-state index contributed by atoms with van der Waals surface area (Å²) in [5, 5.41) is 0. The zero-order chi connectivity index (χ0) is 16.3. The molecule has 1 saturated carbocycles. The van der Waals surface area contributed by atoms with Crippen molar-refractivity contribution in [2.24, 2.45) is 11.7 Å². The predicted octanol–water partition coefficient (Wildman–Crippen LogP) is 1.19. The molecule has 0 amide bonds. The lowest BCUT2D eigenvalue weighted by molar-refractivity contribution is 0.0526. The average molecular weight is 326 g/mol. The van der Waals surface area contributed by atoms with E-state index in [9.17, 15) is 13.2 Å². The van der Waals surface area contributed by atoms with Crippen LogP contribution >= 0.6 is 0 Å². The normalized spacial score (nSPS) is 16.3. The average Bonchev–Trinajstić information content (AvgIpc) is 3.30. The standard InChI is InChI=1S/C15H22N2O4S/c1-3-21-15(18)12-5-4-10(2)14(8-12)22(19,20)17-9-13(16)11-6-7-11/h4-5,8,11,13,17H,3,6-7,9,16H2,1-2H3. The van der Waals surface area contributed by atoms with Gasteiger partial charge in [-0.15, -0.1) is 0 Å². The molecule has 0 saturated heterocycles. The molecule has 3 N–H and O–H groups in total. The van der Waals surface area contributed by atoms with Crippen molar-refractivity contribution in [3.8, 4) is 0 Å².